The number of halogens is 1. The van der Waals surface area contributed by atoms with E-state index in [4.69, 9.17) is 18.5 Å². The first-order chi connectivity index (χ1) is 14.1. The Hall–Kier alpha value is -1.80. The summed E-state index contributed by atoms with van der Waals surface area (Å²) in [6, 6.07) is 5.83. The monoisotopic (exact) mass is 447 g/mol. The molecule has 1 aromatic rings. The molecule has 1 rings (SSSR count). The number of benzene rings is 1. The lowest BCUT2D eigenvalue weighted by molar-refractivity contribution is -0.164. The Morgan fingerprint density at radius 3 is 2.00 bits per heavy atom. The minimum Gasteiger partial charge on any atom is -0.468 e. The van der Waals surface area contributed by atoms with Crippen LogP contribution in [0.3, 0.4) is 0 Å². The highest BCUT2D eigenvalue weighted by atomic mass is 31.2. The van der Waals surface area contributed by atoms with Crippen LogP contribution in [0.4, 0.5) is 4.39 Å². The molecule has 1 aromatic carbocycles. The molecule has 170 valence electrons. The number of carbonyl (C=O) groups is 2. The van der Waals surface area contributed by atoms with Gasteiger partial charge in [0.05, 0.1) is 27.4 Å². The highest BCUT2D eigenvalue weighted by molar-refractivity contribution is 7.54. The van der Waals surface area contributed by atoms with Gasteiger partial charge in [-0.3, -0.25) is 19.5 Å². The first-order valence-corrected chi connectivity index (χ1v) is 11.2. The number of methoxy groups -OCH3 is 2. The summed E-state index contributed by atoms with van der Waals surface area (Å²) >= 11 is 0. The molecule has 0 heterocycles. The molecule has 0 spiro atoms. The van der Waals surface area contributed by atoms with Crippen LogP contribution in [0.5, 0.6) is 0 Å². The first-order valence-electron chi connectivity index (χ1n) is 9.60. The van der Waals surface area contributed by atoms with Crippen molar-refractivity contribution in [1.82, 2.24) is 5.32 Å². The summed E-state index contributed by atoms with van der Waals surface area (Å²) in [7, 11) is -1.50. The van der Waals surface area contributed by atoms with Crippen molar-refractivity contribution in [3.8, 4) is 0 Å². The molecule has 0 aliphatic heterocycles. The van der Waals surface area contributed by atoms with Crippen molar-refractivity contribution in [1.29, 1.82) is 0 Å². The number of hydrogen-bond donors (Lipinski definition) is 1. The van der Waals surface area contributed by atoms with E-state index in [0.717, 1.165) is 0 Å². The van der Waals surface area contributed by atoms with Gasteiger partial charge in [0, 0.05) is 17.5 Å². The molecule has 0 aliphatic rings. The van der Waals surface area contributed by atoms with Gasteiger partial charge in [-0.2, -0.15) is 0 Å². The van der Waals surface area contributed by atoms with Crippen molar-refractivity contribution >= 4 is 19.5 Å². The maximum Gasteiger partial charge on any atom is 0.352 e. The summed E-state index contributed by atoms with van der Waals surface area (Å²) < 4.78 is 48.4. The summed E-state index contributed by atoms with van der Waals surface area (Å²) in [5.41, 5.74) is -0.946. The molecule has 0 saturated heterocycles. The third-order valence-corrected chi connectivity index (χ3v) is 6.87. The van der Waals surface area contributed by atoms with Gasteiger partial charge in [-0.1, -0.05) is 32.0 Å². The maximum absolute atomic E-state index is 14.6. The fraction of sp³-hybridized carbons (Fsp3) is 0.600. The van der Waals surface area contributed by atoms with Crippen LogP contribution in [0, 0.1) is 17.2 Å². The molecule has 30 heavy (non-hydrogen) atoms. The molecule has 1 unspecified atom stereocenters. The average molecular weight is 447 g/mol. The number of ether oxygens (including phenoxy) is 2. The molecule has 0 aliphatic carbocycles. The molecule has 0 amide bonds. The van der Waals surface area contributed by atoms with Crippen molar-refractivity contribution in [2.24, 2.45) is 11.3 Å². The molecular formula is C20H31FNO7P. The lowest BCUT2D eigenvalue weighted by atomic mass is 9.78. The standard InChI is InChI=1S/C20H31FNO7P/c1-7-28-30(25,29-8-2)17(14-11-9-10-12-15(14)21)22-13-20(3,4)16(18(23)26-5)19(24)27-6/h9-12,16-17,22H,7-8,13H2,1-6H3. The van der Waals surface area contributed by atoms with Gasteiger partial charge in [0.15, 0.2) is 5.92 Å². The van der Waals surface area contributed by atoms with E-state index in [9.17, 15) is 18.5 Å². The largest absolute Gasteiger partial charge is 0.468 e. The molecule has 0 fully saturated rings. The van der Waals surface area contributed by atoms with Crippen LogP contribution in [0.1, 0.15) is 39.0 Å². The smallest absolute Gasteiger partial charge is 0.352 e. The number of hydrogen-bond acceptors (Lipinski definition) is 8. The predicted molar refractivity (Wildman–Crippen MR) is 109 cm³/mol. The van der Waals surface area contributed by atoms with Gasteiger partial charge in [-0.25, -0.2) is 4.39 Å². The Morgan fingerprint density at radius 2 is 1.57 bits per heavy atom. The highest BCUT2D eigenvalue weighted by Crippen LogP contribution is 2.60. The Labute approximate surface area is 176 Å². The fourth-order valence-corrected chi connectivity index (χ4v) is 5.02. The van der Waals surface area contributed by atoms with Gasteiger partial charge in [0.25, 0.3) is 0 Å². The van der Waals surface area contributed by atoms with E-state index in [2.05, 4.69) is 5.32 Å². The molecule has 8 nitrogen and oxygen atoms in total. The minimum atomic E-state index is -3.84. The van der Waals surface area contributed by atoms with Crippen molar-refractivity contribution in [3.63, 3.8) is 0 Å². The zero-order valence-electron chi connectivity index (χ0n) is 18.3. The first kappa shape index (κ1) is 26.2. The summed E-state index contributed by atoms with van der Waals surface area (Å²) in [4.78, 5) is 24.4. The molecule has 0 radical (unpaired) electrons. The Balaban J connectivity index is 3.33. The topological polar surface area (TPSA) is 100 Å². The third-order valence-electron chi connectivity index (χ3n) is 4.54. The van der Waals surface area contributed by atoms with Gasteiger partial charge in [-0.05, 0) is 19.9 Å². The molecule has 0 saturated carbocycles. The lowest BCUT2D eigenvalue weighted by Crippen LogP contribution is -2.45. The van der Waals surface area contributed by atoms with Gasteiger partial charge in [0.2, 0.25) is 0 Å². The molecule has 1 atom stereocenters. The zero-order chi connectivity index (χ0) is 22.9. The number of carbonyl (C=O) groups excluding carboxylic acids is 2. The van der Waals surface area contributed by atoms with E-state index in [1.165, 1.54) is 32.4 Å². The van der Waals surface area contributed by atoms with Gasteiger partial charge >= 0.3 is 19.5 Å². The second kappa shape index (κ2) is 11.6. The zero-order valence-corrected chi connectivity index (χ0v) is 19.2. The van der Waals surface area contributed by atoms with Crippen LogP contribution in [0.2, 0.25) is 0 Å². The molecule has 0 bridgehead atoms. The van der Waals surface area contributed by atoms with Crippen LogP contribution >= 0.6 is 7.60 Å². The van der Waals surface area contributed by atoms with Crippen LogP contribution in [-0.4, -0.2) is 45.9 Å². The van der Waals surface area contributed by atoms with E-state index in [1.807, 2.05) is 0 Å². The minimum absolute atomic E-state index is 0.0228. The van der Waals surface area contributed by atoms with E-state index in [-0.39, 0.29) is 25.3 Å². The van der Waals surface area contributed by atoms with E-state index in [1.54, 1.807) is 33.8 Å². The molecular weight excluding hydrogens is 416 g/mol. The molecule has 1 N–H and O–H groups in total. The van der Waals surface area contributed by atoms with Crippen LogP contribution in [0.15, 0.2) is 24.3 Å². The Morgan fingerprint density at radius 1 is 1.07 bits per heavy atom. The van der Waals surface area contributed by atoms with Gasteiger partial charge in [-0.15, -0.1) is 0 Å². The van der Waals surface area contributed by atoms with E-state index >= 15 is 0 Å². The summed E-state index contributed by atoms with van der Waals surface area (Å²) in [6.07, 6.45) is 0. The second-order valence-corrected chi connectivity index (χ2v) is 9.26. The maximum atomic E-state index is 14.6. The fourth-order valence-electron chi connectivity index (χ4n) is 3.07. The number of nitrogens with one attached hydrogen (secondary N) is 1. The van der Waals surface area contributed by atoms with Crippen molar-refractivity contribution in [2.75, 3.05) is 34.0 Å². The normalized spacial score (nSPS) is 13.2. The predicted octanol–water partition coefficient (Wildman–Crippen LogP) is 3.67. The summed E-state index contributed by atoms with van der Waals surface area (Å²) in [6.45, 7) is 6.73. The second-order valence-electron chi connectivity index (χ2n) is 7.15. The Bertz CT molecular complexity index is 745. The molecule has 10 heteroatoms. The van der Waals surface area contributed by atoms with Gasteiger partial charge in [0.1, 0.15) is 11.6 Å². The van der Waals surface area contributed by atoms with Crippen molar-refractivity contribution in [2.45, 2.75) is 33.5 Å². The summed E-state index contributed by atoms with van der Waals surface area (Å²) in [5.74, 6) is -4.54. The van der Waals surface area contributed by atoms with Crippen LogP contribution in [0.25, 0.3) is 0 Å². The van der Waals surface area contributed by atoms with Crippen LogP contribution in [-0.2, 0) is 32.7 Å². The third kappa shape index (κ3) is 6.35. The number of rotatable bonds is 12. The SMILES string of the molecule is CCOP(=O)(OCC)C(NCC(C)(C)C(C(=O)OC)C(=O)OC)c1ccccc1F. The van der Waals surface area contributed by atoms with E-state index < -0.39 is 42.5 Å². The summed E-state index contributed by atoms with van der Waals surface area (Å²) in [5, 5.41) is 3.00. The average Bonchev–Trinajstić information content (AvgIpc) is 2.69. The quantitative estimate of drug-likeness (QED) is 0.294. The highest BCUT2D eigenvalue weighted by Gasteiger charge is 2.45. The lowest BCUT2D eigenvalue weighted by Gasteiger charge is -2.34. The Kier molecular flexibility index (Phi) is 10.1. The van der Waals surface area contributed by atoms with Crippen LogP contribution < -0.4 is 5.32 Å². The van der Waals surface area contributed by atoms with Gasteiger partial charge < -0.3 is 18.5 Å². The number of esters is 2. The van der Waals surface area contributed by atoms with Crippen molar-refractivity contribution in [3.05, 3.63) is 35.6 Å². The molecule has 0 aromatic heterocycles. The van der Waals surface area contributed by atoms with E-state index in [0.29, 0.717) is 0 Å². The van der Waals surface area contributed by atoms with Crippen molar-refractivity contribution < 1.29 is 37.1 Å².